The molecular weight excluding hydrogens is 697 g/mol. The van der Waals surface area contributed by atoms with Gasteiger partial charge in [-0.1, -0.05) is 133 Å². The molecule has 0 N–H and O–H groups in total. The van der Waals surface area contributed by atoms with Gasteiger partial charge in [-0.2, -0.15) is 9.97 Å². The van der Waals surface area contributed by atoms with E-state index in [9.17, 15) is 11.0 Å². The molecule has 0 aliphatic carbocycles. The zero-order valence-electron chi connectivity index (χ0n) is 55.6. The van der Waals surface area contributed by atoms with Crippen LogP contribution < -0.4 is 0 Å². The summed E-state index contributed by atoms with van der Waals surface area (Å²) in [5.74, 6) is -2.62. The van der Waals surface area contributed by atoms with E-state index in [0.29, 0.717) is 0 Å². The van der Waals surface area contributed by atoms with Gasteiger partial charge in [0.05, 0.1) is 70.1 Å². The van der Waals surface area contributed by atoms with Crippen LogP contribution in [0.25, 0.3) is 106 Å². The summed E-state index contributed by atoms with van der Waals surface area (Å²) in [6, 6.07) is -14.7. The van der Waals surface area contributed by atoms with E-state index in [1.54, 1.807) is 30.3 Å². The first-order valence-corrected chi connectivity index (χ1v) is 17.0. The van der Waals surface area contributed by atoms with E-state index in [1.165, 1.54) is 4.57 Å². The molecule has 0 spiro atoms. The largest absolute Gasteiger partial charge is 0.309 e. The van der Waals surface area contributed by atoms with Crippen molar-refractivity contribution in [1.29, 1.82) is 0 Å². The fourth-order valence-corrected chi connectivity index (χ4v) is 7.00. The average Bonchev–Trinajstić information content (AvgIpc) is 1.64. The number of aromatic nitrogens is 6. The Bertz CT molecular complexity index is 5050. The standard InChI is InChI=1S/C51H32N6/c1-4-16-33(17-5-1)49-52-50(34-28-29-40-37-22-10-13-25-43(37)55(46(40)30-34)35-18-6-2-7-19-35)54-51(53-49)57-45-27-15-12-24-39(45)42-31-41-38-23-11-14-26-44(38)56(47(41)32-48(42)57)36-20-8-3-9-21-36/h1-32H/i1D,2D,4D,5D,6D,7D,10D,11D,12D,13D,14D,15D,16D,17D,18D,19D,22D,23D,24D,25D,26D,27D,28D,29D,30D,31D,32D. The Hall–Kier alpha value is -7.83. The van der Waals surface area contributed by atoms with Gasteiger partial charge in [-0.25, -0.2) is 4.98 Å². The highest BCUT2D eigenvalue weighted by molar-refractivity contribution is 6.19. The van der Waals surface area contributed by atoms with Gasteiger partial charge in [0, 0.05) is 54.8 Å². The van der Waals surface area contributed by atoms with Crippen LogP contribution >= 0.6 is 0 Å². The van der Waals surface area contributed by atoms with E-state index in [1.807, 2.05) is 0 Å². The average molecular weight is 756 g/mol. The molecule has 0 unspecified atom stereocenters. The van der Waals surface area contributed by atoms with Gasteiger partial charge < -0.3 is 9.13 Å². The van der Waals surface area contributed by atoms with Crippen LogP contribution in [0, 0.1) is 0 Å². The molecule has 57 heavy (non-hydrogen) atoms. The maximum atomic E-state index is 10.3. The van der Waals surface area contributed by atoms with Crippen LogP contribution in [-0.2, 0) is 0 Å². The molecule has 0 radical (unpaired) electrons. The van der Waals surface area contributed by atoms with E-state index in [4.69, 9.17) is 26.0 Å². The molecule has 0 aliphatic heterocycles. The number of fused-ring (bicyclic) bond motifs is 9. The van der Waals surface area contributed by atoms with Crippen molar-refractivity contribution in [2.24, 2.45) is 0 Å². The SMILES string of the molecule is [2H]c1c([2H])c([2H])c(-c2nc(-c3c([2H])c([2H])c4c5c([2H])c([2H])c([2H])c([2H])c5n(-c5c([2H])c([2H])c([2H])c([2H])c5[2H])c4c3[2H])nc(-n3c4c([2H])c([2H])c([2H])c([2H])c4c4c([2H])c5c6c([2H])c([2H])c([2H])c([2H])c6n(-c6ccccc6)c5c([2H])c43)n2)c([2H])c1[2H]. The highest BCUT2D eigenvalue weighted by atomic mass is 15.2. The van der Waals surface area contributed by atoms with E-state index in [0.717, 1.165) is 9.13 Å². The van der Waals surface area contributed by atoms with Crippen molar-refractivity contribution >= 4 is 65.4 Å². The van der Waals surface area contributed by atoms with Crippen molar-refractivity contribution in [3.05, 3.63) is 193 Å². The summed E-state index contributed by atoms with van der Waals surface area (Å²) in [6.45, 7) is 0. The van der Waals surface area contributed by atoms with Crippen molar-refractivity contribution in [2.75, 3.05) is 0 Å². The van der Waals surface area contributed by atoms with E-state index in [2.05, 4.69) is 15.0 Å². The topological polar surface area (TPSA) is 53.5 Å². The van der Waals surface area contributed by atoms with Crippen LogP contribution in [0.1, 0.15) is 37.0 Å². The van der Waals surface area contributed by atoms with Crippen molar-refractivity contribution in [2.45, 2.75) is 0 Å². The summed E-state index contributed by atoms with van der Waals surface area (Å²) < 4.78 is 248. The van der Waals surface area contributed by atoms with Crippen molar-refractivity contribution in [3.63, 3.8) is 0 Å². The molecule has 0 aliphatic rings. The van der Waals surface area contributed by atoms with Gasteiger partial charge in [-0.05, 0) is 60.5 Å². The number of rotatable bonds is 5. The van der Waals surface area contributed by atoms with Crippen LogP contribution in [0.5, 0.6) is 0 Å². The Balaban J connectivity index is 1.34. The third-order valence-corrected chi connectivity index (χ3v) is 9.34. The van der Waals surface area contributed by atoms with Crippen LogP contribution in [-0.4, -0.2) is 28.7 Å². The first-order valence-electron chi connectivity index (χ1n) is 30.5. The Morgan fingerprint density at radius 2 is 0.825 bits per heavy atom. The minimum Gasteiger partial charge on any atom is -0.309 e. The molecule has 0 bridgehead atoms. The molecule has 8 aromatic carbocycles. The molecule has 12 aromatic rings. The summed E-state index contributed by atoms with van der Waals surface area (Å²) in [5.41, 5.74) is -4.93. The molecule has 0 fully saturated rings. The van der Waals surface area contributed by atoms with Gasteiger partial charge in [-0.3, -0.25) is 4.57 Å². The number of nitrogens with zero attached hydrogens (tertiary/aromatic N) is 6. The van der Waals surface area contributed by atoms with E-state index >= 15 is 0 Å². The molecule has 4 aromatic heterocycles. The van der Waals surface area contributed by atoms with Crippen molar-refractivity contribution in [1.82, 2.24) is 28.7 Å². The lowest BCUT2D eigenvalue weighted by Gasteiger charge is -2.12. The van der Waals surface area contributed by atoms with Gasteiger partial charge in [-0.15, -0.1) is 0 Å². The van der Waals surface area contributed by atoms with Gasteiger partial charge in [0.25, 0.3) is 0 Å². The van der Waals surface area contributed by atoms with Crippen molar-refractivity contribution in [3.8, 4) is 40.1 Å². The zero-order chi connectivity index (χ0) is 60.9. The van der Waals surface area contributed by atoms with Crippen LogP contribution in [0.3, 0.4) is 0 Å². The molecule has 6 nitrogen and oxygen atoms in total. The Morgan fingerprint density at radius 3 is 1.49 bits per heavy atom. The minimum absolute atomic E-state index is 0.193. The summed E-state index contributed by atoms with van der Waals surface area (Å²) in [7, 11) is 0. The van der Waals surface area contributed by atoms with Gasteiger partial charge >= 0.3 is 0 Å². The minimum atomic E-state index is -0.989. The van der Waals surface area contributed by atoms with Crippen LogP contribution in [0.2, 0.25) is 0 Å². The summed E-state index contributed by atoms with van der Waals surface area (Å²) in [4.78, 5) is 13.7. The zero-order valence-corrected chi connectivity index (χ0v) is 28.6. The number of hydrogen-bond donors (Lipinski definition) is 0. The number of hydrogen-bond acceptors (Lipinski definition) is 3. The lowest BCUT2D eigenvalue weighted by Crippen LogP contribution is -2.06. The number of para-hydroxylation sites is 5. The van der Waals surface area contributed by atoms with Gasteiger partial charge in [0.15, 0.2) is 11.6 Å². The molecule has 0 atom stereocenters. The first kappa shape index (κ1) is 15.0. The first-order chi connectivity index (χ1) is 39.5. The predicted molar refractivity (Wildman–Crippen MR) is 234 cm³/mol. The fourth-order valence-electron chi connectivity index (χ4n) is 7.00. The molecule has 0 amide bonds. The Labute approximate surface area is 365 Å². The molecule has 266 valence electrons. The third-order valence-electron chi connectivity index (χ3n) is 9.34. The molecule has 4 heterocycles. The Morgan fingerprint density at radius 1 is 0.333 bits per heavy atom. The molecule has 0 saturated heterocycles. The van der Waals surface area contributed by atoms with E-state index in [-0.39, 0.29) is 27.5 Å². The van der Waals surface area contributed by atoms with E-state index < -0.39 is 241 Å². The second-order valence-electron chi connectivity index (χ2n) is 12.4. The monoisotopic (exact) mass is 755 g/mol. The Kier molecular flexibility index (Phi) is 3.25. The smallest absolute Gasteiger partial charge is 0.238 e. The molecule has 12 rings (SSSR count). The van der Waals surface area contributed by atoms with Crippen LogP contribution in [0.15, 0.2) is 193 Å². The highest BCUT2D eigenvalue weighted by Gasteiger charge is 2.22. The quantitative estimate of drug-likeness (QED) is 0.176. The van der Waals surface area contributed by atoms with Crippen LogP contribution in [0.4, 0.5) is 0 Å². The number of benzene rings is 8. The summed E-state index contributed by atoms with van der Waals surface area (Å²) >= 11 is 0. The highest BCUT2D eigenvalue weighted by Crippen LogP contribution is 2.40. The van der Waals surface area contributed by atoms with Gasteiger partial charge in [0.2, 0.25) is 5.95 Å². The molecular formula is C51H32N6. The normalized spacial score (nSPS) is 18.5. The van der Waals surface area contributed by atoms with Crippen molar-refractivity contribution < 1.29 is 37.0 Å². The fraction of sp³-hybridized carbons (Fsp3) is 0. The third kappa shape index (κ3) is 4.81. The summed E-state index contributed by atoms with van der Waals surface area (Å²) in [6.07, 6.45) is 0. The summed E-state index contributed by atoms with van der Waals surface area (Å²) in [5, 5.41) is -2.47. The van der Waals surface area contributed by atoms with Gasteiger partial charge in [0.1, 0.15) is 0 Å². The maximum Gasteiger partial charge on any atom is 0.238 e. The molecule has 0 saturated carbocycles. The lowest BCUT2D eigenvalue weighted by molar-refractivity contribution is 0.953. The second kappa shape index (κ2) is 12.3. The maximum absolute atomic E-state index is 10.3. The molecule has 6 heteroatoms. The second-order valence-corrected chi connectivity index (χ2v) is 12.4. The lowest BCUT2D eigenvalue weighted by atomic mass is 10.1. The predicted octanol–water partition coefficient (Wildman–Crippen LogP) is 12.5.